The molecule has 0 spiro atoms. The second kappa shape index (κ2) is 5.15. The molecule has 0 bridgehead atoms. The topological polar surface area (TPSA) is 49.4 Å². The van der Waals surface area contributed by atoms with Crippen molar-refractivity contribution in [1.29, 1.82) is 0 Å². The third kappa shape index (κ3) is 2.92. The molecule has 0 radical (unpaired) electrons. The Labute approximate surface area is 113 Å². The van der Waals surface area contributed by atoms with Crippen LogP contribution in [0.1, 0.15) is 13.3 Å². The number of anilines is 1. The smallest absolute Gasteiger partial charge is 0.313 e. The predicted octanol–water partition coefficient (Wildman–Crippen LogP) is 1.86. The van der Waals surface area contributed by atoms with E-state index in [1.54, 1.807) is 0 Å². The van der Waals surface area contributed by atoms with Crippen LogP contribution in [-0.2, 0) is 9.59 Å². The summed E-state index contributed by atoms with van der Waals surface area (Å²) in [5, 5.41) is 1.99. The molecular formula is C13H13F3N2O2. The van der Waals surface area contributed by atoms with Crippen LogP contribution >= 0.6 is 0 Å². The minimum absolute atomic E-state index is 0.116. The van der Waals surface area contributed by atoms with E-state index in [-0.39, 0.29) is 19.5 Å². The van der Waals surface area contributed by atoms with Gasteiger partial charge in [0, 0.05) is 13.0 Å². The zero-order valence-corrected chi connectivity index (χ0v) is 10.8. The van der Waals surface area contributed by atoms with E-state index in [2.05, 4.69) is 0 Å². The summed E-state index contributed by atoms with van der Waals surface area (Å²) in [4.78, 5) is 24.5. The SMILES string of the molecule is CC1(F)CCN(C(=O)C(=O)Nc2cccc(F)c2F)C1. The highest BCUT2D eigenvalue weighted by Gasteiger charge is 2.38. The molecule has 4 nitrogen and oxygen atoms in total. The van der Waals surface area contributed by atoms with E-state index >= 15 is 0 Å². The zero-order valence-electron chi connectivity index (χ0n) is 10.8. The van der Waals surface area contributed by atoms with Gasteiger partial charge in [-0.05, 0) is 19.1 Å². The quantitative estimate of drug-likeness (QED) is 0.801. The average Bonchev–Trinajstić information content (AvgIpc) is 2.74. The second-order valence-electron chi connectivity index (χ2n) is 4.95. The van der Waals surface area contributed by atoms with Gasteiger partial charge in [-0.15, -0.1) is 0 Å². The van der Waals surface area contributed by atoms with Crippen molar-refractivity contribution in [3.05, 3.63) is 29.8 Å². The third-order valence-corrected chi connectivity index (χ3v) is 3.10. The monoisotopic (exact) mass is 286 g/mol. The molecule has 1 aromatic rings. The molecule has 1 fully saturated rings. The van der Waals surface area contributed by atoms with Crippen molar-refractivity contribution in [3.8, 4) is 0 Å². The molecular weight excluding hydrogens is 273 g/mol. The fourth-order valence-corrected chi connectivity index (χ4v) is 2.02. The van der Waals surface area contributed by atoms with Crippen molar-refractivity contribution in [2.75, 3.05) is 18.4 Å². The molecule has 108 valence electrons. The van der Waals surface area contributed by atoms with E-state index in [0.29, 0.717) is 0 Å². The van der Waals surface area contributed by atoms with Gasteiger partial charge in [-0.2, -0.15) is 0 Å². The molecule has 0 aromatic heterocycles. The number of hydrogen-bond donors (Lipinski definition) is 1. The number of likely N-dealkylation sites (tertiary alicyclic amines) is 1. The fourth-order valence-electron chi connectivity index (χ4n) is 2.02. The van der Waals surface area contributed by atoms with Gasteiger partial charge in [0.05, 0.1) is 12.2 Å². The summed E-state index contributed by atoms with van der Waals surface area (Å²) in [6.07, 6.45) is 0.139. The number of halogens is 3. The van der Waals surface area contributed by atoms with Crippen LogP contribution < -0.4 is 5.32 Å². The van der Waals surface area contributed by atoms with Crippen LogP contribution in [0.4, 0.5) is 18.9 Å². The number of carbonyl (C=O) groups excluding carboxylic acids is 2. The normalized spacial score (nSPS) is 21.9. The molecule has 1 aromatic carbocycles. The molecule has 1 aliphatic heterocycles. The molecule has 1 aliphatic rings. The van der Waals surface area contributed by atoms with E-state index in [1.165, 1.54) is 13.0 Å². The van der Waals surface area contributed by atoms with Gasteiger partial charge in [-0.25, -0.2) is 13.2 Å². The van der Waals surface area contributed by atoms with Crippen LogP contribution in [0.2, 0.25) is 0 Å². The molecule has 1 unspecified atom stereocenters. The van der Waals surface area contributed by atoms with Gasteiger partial charge in [-0.3, -0.25) is 9.59 Å². The highest BCUT2D eigenvalue weighted by atomic mass is 19.2. The molecule has 1 saturated heterocycles. The maximum absolute atomic E-state index is 13.6. The van der Waals surface area contributed by atoms with Crippen molar-refractivity contribution < 1.29 is 22.8 Å². The summed E-state index contributed by atoms with van der Waals surface area (Å²) in [6.45, 7) is 1.26. The van der Waals surface area contributed by atoms with E-state index in [4.69, 9.17) is 0 Å². The van der Waals surface area contributed by atoms with Gasteiger partial charge in [0.15, 0.2) is 11.6 Å². The largest absolute Gasteiger partial charge is 0.331 e. The first kappa shape index (κ1) is 14.4. The number of carbonyl (C=O) groups is 2. The number of rotatable bonds is 1. The Morgan fingerprint density at radius 2 is 2.05 bits per heavy atom. The maximum Gasteiger partial charge on any atom is 0.313 e. The van der Waals surface area contributed by atoms with Crippen LogP contribution in [0, 0.1) is 11.6 Å². The Balaban J connectivity index is 2.05. The summed E-state index contributed by atoms with van der Waals surface area (Å²) in [5.74, 6) is -4.46. The van der Waals surface area contributed by atoms with Gasteiger partial charge in [-0.1, -0.05) is 6.07 Å². The minimum Gasteiger partial charge on any atom is -0.331 e. The average molecular weight is 286 g/mol. The lowest BCUT2D eigenvalue weighted by molar-refractivity contribution is -0.142. The zero-order chi connectivity index (χ0) is 14.9. The minimum atomic E-state index is -1.53. The van der Waals surface area contributed by atoms with Gasteiger partial charge in [0.1, 0.15) is 5.67 Å². The molecule has 2 amide bonds. The first-order valence-electron chi connectivity index (χ1n) is 6.03. The van der Waals surface area contributed by atoms with Crippen LogP contribution in [-0.4, -0.2) is 35.5 Å². The molecule has 0 aliphatic carbocycles. The lowest BCUT2D eigenvalue weighted by atomic mass is 10.1. The molecule has 0 saturated carbocycles. The number of hydrogen-bond acceptors (Lipinski definition) is 2. The van der Waals surface area contributed by atoms with Crippen LogP contribution in [0.3, 0.4) is 0 Å². The van der Waals surface area contributed by atoms with E-state index in [9.17, 15) is 22.8 Å². The Hall–Kier alpha value is -2.05. The van der Waals surface area contributed by atoms with E-state index in [1.807, 2.05) is 5.32 Å². The summed E-state index contributed by atoms with van der Waals surface area (Å²) < 4.78 is 39.9. The fraction of sp³-hybridized carbons (Fsp3) is 0.385. The van der Waals surface area contributed by atoms with Gasteiger partial charge in [0.25, 0.3) is 0 Å². The summed E-state index contributed by atoms with van der Waals surface area (Å²) >= 11 is 0. The molecule has 7 heteroatoms. The Bertz CT molecular complexity index is 561. The summed E-state index contributed by atoms with van der Waals surface area (Å²) in [7, 11) is 0. The lowest BCUT2D eigenvalue weighted by Crippen LogP contribution is -2.39. The standard InChI is InChI=1S/C13H13F3N2O2/c1-13(16)5-6-18(7-13)12(20)11(19)17-9-4-2-3-8(14)10(9)15/h2-4H,5-7H2,1H3,(H,17,19). The van der Waals surface area contributed by atoms with Crippen molar-refractivity contribution in [1.82, 2.24) is 4.90 Å². The Kier molecular flexibility index (Phi) is 3.69. The Morgan fingerprint density at radius 1 is 1.35 bits per heavy atom. The van der Waals surface area contributed by atoms with Crippen molar-refractivity contribution >= 4 is 17.5 Å². The summed E-state index contributed by atoms with van der Waals surface area (Å²) in [5.41, 5.74) is -1.95. The third-order valence-electron chi connectivity index (χ3n) is 3.10. The van der Waals surface area contributed by atoms with Crippen LogP contribution in [0.15, 0.2) is 18.2 Å². The molecule has 1 heterocycles. The highest BCUT2D eigenvalue weighted by Crippen LogP contribution is 2.25. The van der Waals surface area contributed by atoms with Crippen LogP contribution in [0.5, 0.6) is 0 Å². The maximum atomic E-state index is 13.6. The Morgan fingerprint density at radius 3 is 2.65 bits per heavy atom. The number of alkyl halides is 1. The first-order chi connectivity index (χ1) is 9.30. The van der Waals surface area contributed by atoms with Gasteiger partial charge >= 0.3 is 11.8 Å². The van der Waals surface area contributed by atoms with Crippen molar-refractivity contribution in [2.45, 2.75) is 19.0 Å². The highest BCUT2D eigenvalue weighted by molar-refractivity contribution is 6.39. The number of amides is 2. The molecule has 1 N–H and O–H groups in total. The predicted molar refractivity (Wildman–Crippen MR) is 65.7 cm³/mol. The number of nitrogens with one attached hydrogen (secondary N) is 1. The number of nitrogens with zero attached hydrogens (tertiary/aromatic N) is 1. The van der Waals surface area contributed by atoms with E-state index < -0.39 is 34.8 Å². The second-order valence-corrected chi connectivity index (χ2v) is 4.95. The van der Waals surface area contributed by atoms with E-state index in [0.717, 1.165) is 17.0 Å². The van der Waals surface area contributed by atoms with Crippen LogP contribution in [0.25, 0.3) is 0 Å². The molecule has 20 heavy (non-hydrogen) atoms. The van der Waals surface area contributed by atoms with Gasteiger partial charge < -0.3 is 10.2 Å². The molecule has 2 rings (SSSR count). The van der Waals surface area contributed by atoms with Crippen molar-refractivity contribution in [3.63, 3.8) is 0 Å². The first-order valence-corrected chi connectivity index (χ1v) is 6.03. The van der Waals surface area contributed by atoms with Gasteiger partial charge in [0.2, 0.25) is 0 Å². The summed E-state index contributed by atoms with van der Waals surface area (Å²) in [6, 6.07) is 3.22. The number of benzene rings is 1. The lowest BCUT2D eigenvalue weighted by Gasteiger charge is -2.17. The molecule has 1 atom stereocenters. The van der Waals surface area contributed by atoms with Crippen molar-refractivity contribution in [2.24, 2.45) is 0 Å².